The Morgan fingerprint density at radius 3 is 2.38 bits per heavy atom. The smallest absolute Gasteiger partial charge is 0.257 e. The maximum Gasteiger partial charge on any atom is 0.257 e. The van der Waals surface area contributed by atoms with Crippen molar-refractivity contribution >= 4 is 11.8 Å². The number of amides is 2. The zero-order valence-corrected chi connectivity index (χ0v) is 24.3. The Morgan fingerprint density at radius 1 is 1.00 bits per heavy atom. The van der Waals surface area contributed by atoms with Crippen LogP contribution in [0.15, 0.2) is 36.4 Å². The molecule has 3 rings (SSSR count). The minimum absolute atomic E-state index is 0.00844. The third-order valence-electron chi connectivity index (χ3n) is 7.19. The van der Waals surface area contributed by atoms with Crippen LogP contribution in [0.4, 0.5) is 0 Å². The topological polar surface area (TPSA) is 77.5 Å². The van der Waals surface area contributed by atoms with Crippen LogP contribution < -0.4 is 18.9 Å². The molecule has 0 radical (unpaired) electrons. The number of hydrogen-bond donors (Lipinski definition) is 0. The average Bonchev–Trinajstić information content (AvgIpc) is 2.94. The number of carbonyl (C=O) groups is 2. The highest BCUT2D eigenvalue weighted by Crippen LogP contribution is 2.40. The number of para-hydroxylation sites is 1. The van der Waals surface area contributed by atoms with Crippen molar-refractivity contribution in [2.75, 3.05) is 47.6 Å². The number of ether oxygens (including phenoxy) is 4. The zero-order valence-electron chi connectivity index (χ0n) is 24.3. The highest BCUT2D eigenvalue weighted by Gasteiger charge is 2.28. The number of methoxy groups -OCH3 is 3. The van der Waals surface area contributed by atoms with Gasteiger partial charge in [-0.05, 0) is 62.3 Å². The van der Waals surface area contributed by atoms with Crippen LogP contribution in [0.2, 0.25) is 0 Å². The molecule has 39 heavy (non-hydrogen) atoms. The Hall–Kier alpha value is -3.42. The molecular formula is C31H44N2O6. The molecule has 8 heteroatoms. The number of hydrogen-bond acceptors (Lipinski definition) is 6. The normalized spacial score (nSPS) is 16.6. The van der Waals surface area contributed by atoms with Crippen LogP contribution in [-0.2, 0) is 11.2 Å². The van der Waals surface area contributed by atoms with Gasteiger partial charge in [0.15, 0.2) is 11.5 Å². The number of rotatable bonds is 9. The highest BCUT2D eigenvalue weighted by molar-refractivity contribution is 5.97. The van der Waals surface area contributed by atoms with E-state index < -0.39 is 0 Å². The minimum Gasteiger partial charge on any atom is -0.493 e. The van der Waals surface area contributed by atoms with Crippen LogP contribution in [-0.4, -0.2) is 75.2 Å². The molecule has 2 aromatic carbocycles. The maximum atomic E-state index is 13.8. The van der Waals surface area contributed by atoms with Crippen LogP contribution in [0.3, 0.4) is 0 Å². The quantitative estimate of drug-likeness (QED) is 0.434. The summed E-state index contributed by atoms with van der Waals surface area (Å²) >= 11 is 0. The van der Waals surface area contributed by atoms with Gasteiger partial charge in [0.1, 0.15) is 12.4 Å². The van der Waals surface area contributed by atoms with Crippen molar-refractivity contribution < 1.29 is 28.5 Å². The van der Waals surface area contributed by atoms with Gasteiger partial charge in [-0.15, -0.1) is 0 Å². The summed E-state index contributed by atoms with van der Waals surface area (Å²) < 4.78 is 22.8. The Morgan fingerprint density at radius 2 is 1.72 bits per heavy atom. The first-order valence-corrected chi connectivity index (χ1v) is 13.9. The van der Waals surface area contributed by atoms with Gasteiger partial charge in [-0.2, -0.15) is 0 Å². The monoisotopic (exact) mass is 540 g/mol. The molecule has 0 aromatic heterocycles. The molecule has 1 aliphatic rings. The summed E-state index contributed by atoms with van der Waals surface area (Å²) in [5, 5.41) is 0. The van der Waals surface area contributed by atoms with Crippen LogP contribution in [0, 0.1) is 5.92 Å². The second-order valence-electron chi connectivity index (χ2n) is 10.3. The van der Waals surface area contributed by atoms with E-state index in [9.17, 15) is 9.59 Å². The van der Waals surface area contributed by atoms with Gasteiger partial charge < -0.3 is 28.7 Å². The van der Waals surface area contributed by atoms with E-state index in [-0.39, 0.29) is 17.9 Å². The van der Waals surface area contributed by atoms with Gasteiger partial charge in [0, 0.05) is 26.1 Å². The molecule has 0 N–H and O–H groups in total. The van der Waals surface area contributed by atoms with Crippen LogP contribution >= 0.6 is 0 Å². The Balaban J connectivity index is 1.86. The van der Waals surface area contributed by atoms with E-state index >= 15 is 0 Å². The summed E-state index contributed by atoms with van der Waals surface area (Å²) in [6, 6.07) is 11.1. The van der Waals surface area contributed by atoms with E-state index in [1.54, 1.807) is 21.3 Å². The van der Waals surface area contributed by atoms with Gasteiger partial charge in [-0.25, -0.2) is 0 Å². The standard InChI is InChI=1S/C31H44N2O6/c1-7-32-18-10-11-19-33(24(20-22(2)3)21-39-26-13-9-8-12-25(26)31(32)35)28(34)17-15-23-14-16-27(36-4)30(38-6)29(23)37-5/h8-9,12-14,16,22,24H,7,10-11,15,17-21H2,1-6H3/t24-/m0/s1. The fourth-order valence-corrected chi connectivity index (χ4v) is 5.20. The molecule has 8 nitrogen and oxygen atoms in total. The maximum absolute atomic E-state index is 13.8. The molecular weight excluding hydrogens is 496 g/mol. The van der Waals surface area contributed by atoms with E-state index in [0.29, 0.717) is 73.6 Å². The van der Waals surface area contributed by atoms with Crippen molar-refractivity contribution in [3.05, 3.63) is 47.5 Å². The molecule has 0 unspecified atom stereocenters. The Bertz CT molecular complexity index is 1100. The number of fused-ring (bicyclic) bond motifs is 1. The number of carbonyl (C=O) groups excluding carboxylic acids is 2. The molecule has 0 spiro atoms. The first-order valence-electron chi connectivity index (χ1n) is 13.9. The lowest BCUT2D eigenvalue weighted by atomic mass is 10.0. The molecule has 2 aromatic rings. The second-order valence-corrected chi connectivity index (χ2v) is 10.3. The molecule has 0 saturated carbocycles. The van der Waals surface area contributed by atoms with Gasteiger partial charge in [-0.3, -0.25) is 9.59 Å². The molecule has 0 fully saturated rings. The highest BCUT2D eigenvalue weighted by atomic mass is 16.5. The van der Waals surface area contributed by atoms with Gasteiger partial charge in [0.05, 0.1) is 32.9 Å². The van der Waals surface area contributed by atoms with E-state index in [0.717, 1.165) is 24.8 Å². The second kappa shape index (κ2) is 14.7. The average molecular weight is 541 g/mol. The summed E-state index contributed by atoms with van der Waals surface area (Å²) in [5.41, 5.74) is 1.46. The molecule has 1 atom stereocenters. The number of nitrogens with zero attached hydrogens (tertiary/aromatic N) is 2. The predicted octanol–water partition coefficient (Wildman–Crippen LogP) is 5.22. The lowest BCUT2D eigenvalue weighted by molar-refractivity contribution is -0.134. The summed E-state index contributed by atoms with van der Waals surface area (Å²) in [4.78, 5) is 30.9. The van der Waals surface area contributed by atoms with E-state index in [2.05, 4.69) is 13.8 Å². The molecule has 214 valence electrons. The van der Waals surface area contributed by atoms with Crippen molar-refractivity contribution in [1.29, 1.82) is 0 Å². The number of benzene rings is 2. The third-order valence-corrected chi connectivity index (χ3v) is 7.19. The minimum atomic E-state index is -0.102. The molecule has 1 aliphatic heterocycles. The van der Waals surface area contributed by atoms with Crippen LogP contribution in [0.1, 0.15) is 62.4 Å². The van der Waals surface area contributed by atoms with Crippen LogP contribution in [0.25, 0.3) is 0 Å². The first-order chi connectivity index (χ1) is 18.8. The van der Waals surface area contributed by atoms with Crippen molar-refractivity contribution in [2.24, 2.45) is 5.92 Å². The van der Waals surface area contributed by atoms with Gasteiger partial charge in [0.2, 0.25) is 11.7 Å². The fraction of sp³-hybridized carbons (Fsp3) is 0.548. The molecule has 2 amide bonds. The van der Waals surface area contributed by atoms with Crippen molar-refractivity contribution in [2.45, 2.75) is 58.9 Å². The summed E-state index contributed by atoms with van der Waals surface area (Å²) in [7, 11) is 4.76. The number of aryl methyl sites for hydroxylation is 1. The van der Waals surface area contributed by atoms with Gasteiger partial charge >= 0.3 is 0 Å². The van der Waals surface area contributed by atoms with E-state index in [1.807, 2.05) is 53.1 Å². The largest absolute Gasteiger partial charge is 0.493 e. The third kappa shape index (κ3) is 7.58. The summed E-state index contributed by atoms with van der Waals surface area (Å²) in [5.74, 6) is 2.71. The van der Waals surface area contributed by atoms with Gasteiger partial charge in [0.25, 0.3) is 5.91 Å². The van der Waals surface area contributed by atoms with E-state index in [1.165, 1.54) is 0 Å². The Kier molecular flexibility index (Phi) is 11.3. The summed E-state index contributed by atoms with van der Waals surface area (Å²) in [6.07, 6.45) is 3.28. The van der Waals surface area contributed by atoms with Crippen molar-refractivity contribution in [3.63, 3.8) is 0 Å². The summed E-state index contributed by atoms with van der Waals surface area (Å²) in [6.45, 7) is 8.52. The first kappa shape index (κ1) is 30.1. The van der Waals surface area contributed by atoms with E-state index in [4.69, 9.17) is 18.9 Å². The van der Waals surface area contributed by atoms with Gasteiger partial charge in [-0.1, -0.05) is 32.0 Å². The lowest BCUT2D eigenvalue weighted by Crippen LogP contribution is -2.45. The zero-order chi connectivity index (χ0) is 28.4. The SMILES string of the molecule is CCN1CCCCN(C(=O)CCc2ccc(OC)c(OC)c2OC)[C@@H](CC(C)C)COc2ccccc2C1=O. The van der Waals surface area contributed by atoms with Crippen molar-refractivity contribution in [1.82, 2.24) is 9.80 Å². The Labute approximate surface area is 233 Å². The predicted molar refractivity (Wildman–Crippen MR) is 152 cm³/mol. The fourth-order valence-electron chi connectivity index (χ4n) is 5.20. The molecule has 0 saturated heterocycles. The molecule has 1 heterocycles. The molecule has 0 bridgehead atoms. The van der Waals surface area contributed by atoms with Crippen LogP contribution in [0.5, 0.6) is 23.0 Å². The van der Waals surface area contributed by atoms with Crippen molar-refractivity contribution in [3.8, 4) is 23.0 Å². The molecule has 0 aliphatic carbocycles. The lowest BCUT2D eigenvalue weighted by Gasteiger charge is -2.34.